The summed E-state index contributed by atoms with van der Waals surface area (Å²) in [4.78, 5) is 35.7. The third-order valence-electron chi connectivity index (χ3n) is 6.22. The summed E-state index contributed by atoms with van der Waals surface area (Å²) in [5.41, 5.74) is 2.63. The number of likely N-dealkylation sites (N-methyl/N-ethyl adjacent to an activating group) is 1. The minimum absolute atomic E-state index is 0.0816. The molecule has 1 aliphatic heterocycles. The molecule has 0 aliphatic carbocycles. The Kier molecular flexibility index (Phi) is 6.26. The van der Waals surface area contributed by atoms with Crippen molar-refractivity contribution in [2.75, 3.05) is 43.4 Å². The zero-order valence-electron chi connectivity index (χ0n) is 20.2. The second kappa shape index (κ2) is 8.98. The number of aryl methyl sites for hydroxylation is 1. The van der Waals surface area contributed by atoms with Crippen molar-refractivity contribution in [3.8, 4) is 0 Å². The first-order chi connectivity index (χ1) is 15.6. The number of amides is 1. The molecule has 0 radical (unpaired) electrons. The Morgan fingerprint density at radius 3 is 2.36 bits per heavy atom. The first-order valence-electron chi connectivity index (χ1n) is 11.5. The summed E-state index contributed by atoms with van der Waals surface area (Å²) in [5, 5.41) is 3.60. The van der Waals surface area contributed by atoms with Gasteiger partial charge in [0.05, 0.1) is 28.8 Å². The number of benzene rings is 2. The van der Waals surface area contributed by atoms with Crippen molar-refractivity contribution >= 4 is 28.2 Å². The molecule has 4 rings (SSSR count). The number of aromatic nitrogens is 2. The van der Waals surface area contributed by atoms with E-state index in [1.54, 1.807) is 4.57 Å². The van der Waals surface area contributed by atoms with Crippen LogP contribution in [0.25, 0.3) is 10.9 Å². The highest BCUT2D eigenvalue weighted by atomic mass is 16.2. The summed E-state index contributed by atoms with van der Waals surface area (Å²) in [6.45, 7) is 11.6. The Morgan fingerprint density at radius 2 is 1.73 bits per heavy atom. The molecule has 2 aromatic carbocycles. The van der Waals surface area contributed by atoms with Crippen LogP contribution in [0.2, 0.25) is 0 Å². The lowest BCUT2D eigenvalue weighted by molar-refractivity contribution is -0.123. The van der Waals surface area contributed by atoms with Crippen LogP contribution >= 0.6 is 0 Å². The molecule has 7 nitrogen and oxygen atoms in total. The molecule has 174 valence electrons. The number of hydrogen-bond donors (Lipinski definition) is 1. The quantitative estimate of drug-likeness (QED) is 0.663. The van der Waals surface area contributed by atoms with Gasteiger partial charge in [0.1, 0.15) is 5.82 Å². The smallest absolute Gasteiger partial charge is 0.261 e. The van der Waals surface area contributed by atoms with E-state index in [1.165, 1.54) is 0 Å². The van der Waals surface area contributed by atoms with Crippen molar-refractivity contribution < 1.29 is 4.79 Å². The van der Waals surface area contributed by atoms with E-state index in [0.29, 0.717) is 29.0 Å². The molecule has 0 spiro atoms. The van der Waals surface area contributed by atoms with Crippen molar-refractivity contribution in [3.05, 3.63) is 64.2 Å². The second-order valence-electron chi connectivity index (χ2n) is 9.92. The zero-order chi connectivity index (χ0) is 23.8. The summed E-state index contributed by atoms with van der Waals surface area (Å²) in [7, 11) is 2.11. The fourth-order valence-corrected chi connectivity index (χ4v) is 4.04. The molecule has 2 heterocycles. The predicted molar refractivity (Wildman–Crippen MR) is 134 cm³/mol. The van der Waals surface area contributed by atoms with Crippen LogP contribution in [0.5, 0.6) is 0 Å². The van der Waals surface area contributed by atoms with E-state index in [0.717, 1.165) is 37.4 Å². The number of anilines is 2. The summed E-state index contributed by atoms with van der Waals surface area (Å²) < 4.78 is 1.70. The van der Waals surface area contributed by atoms with Crippen LogP contribution in [0.3, 0.4) is 0 Å². The van der Waals surface area contributed by atoms with Crippen molar-refractivity contribution in [2.24, 2.45) is 5.41 Å². The number of carbonyl (C=O) groups is 1. The lowest BCUT2D eigenvalue weighted by Gasteiger charge is -2.35. The number of piperazine rings is 1. The maximum atomic E-state index is 13.5. The van der Waals surface area contributed by atoms with Gasteiger partial charge in [0.25, 0.3) is 5.56 Å². The number of rotatable bonds is 4. The average Bonchev–Trinajstić information content (AvgIpc) is 2.77. The fourth-order valence-electron chi connectivity index (χ4n) is 4.04. The Balaban J connectivity index is 1.83. The van der Waals surface area contributed by atoms with Gasteiger partial charge < -0.3 is 15.1 Å². The lowest BCUT2D eigenvalue weighted by atomic mass is 9.95. The van der Waals surface area contributed by atoms with E-state index >= 15 is 0 Å². The molecule has 1 fully saturated rings. The molecule has 1 aromatic heterocycles. The maximum absolute atomic E-state index is 13.5. The van der Waals surface area contributed by atoms with E-state index in [1.807, 2.05) is 70.2 Å². The maximum Gasteiger partial charge on any atom is 0.261 e. The number of fused-ring (bicyclic) bond motifs is 1. The van der Waals surface area contributed by atoms with E-state index in [2.05, 4.69) is 22.2 Å². The molecule has 33 heavy (non-hydrogen) atoms. The lowest BCUT2D eigenvalue weighted by Crippen LogP contribution is -2.45. The third-order valence-corrected chi connectivity index (χ3v) is 6.22. The van der Waals surface area contributed by atoms with Crippen LogP contribution in [0, 0.1) is 12.3 Å². The Morgan fingerprint density at radius 1 is 1.06 bits per heavy atom. The third kappa shape index (κ3) is 4.93. The van der Waals surface area contributed by atoms with Gasteiger partial charge >= 0.3 is 0 Å². The van der Waals surface area contributed by atoms with Gasteiger partial charge in [-0.25, -0.2) is 4.98 Å². The van der Waals surface area contributed by atoms with E-state index in [4.69, 9.17) is 4.98 Å². The minimum Gasteiger partial charge on any atom is -0.367 e. The van der Waals surface area contributed by atoms with Crippen molar-refractivity contribution in [2.45, 2.75) is 34.2 Å². The number of hydrogen-bond acceptors (Lipinski definition) is 5. The van der Waals surface area contributed by atoms with Gasteiger partial charge in [-0.2, -0.15) is 0 Å². The van der Waals surface area contributed by atoms with Crippen molar-refractivity contribution in [1.82, 2.24) is 14.5 Å². The van der Waals surface area contributed by atoms with E-state index in [9.17, 15) is 9.59 Å². The molecule has 1 aliphatic rings. The molecule has 1 saturated heterocycles. The SMILES string of the molecule is Cc1nc2cc(N3CCN(C)CC3)c(NC(=O)C(C)(C)C)cc2c(=O)n1Cc1ccccc1. The molecule has 1 N–H and O–H groups in total. The first kappa shape index (κ1) is 23.0. The highest BCUT2D eigenvalue weighted by molar-refractivity contribution is 6.01. The predicted octanol–water partition coefficient (Wildman–Crippen LogP) is 3.49. The topological polar surface area (TPSA) is 70.5 Å². The summed E-state index contributed by atoms with van der Waals surface area (Å²) in [6.07, 6.45) is 0. The highest BCUT2D eigenvalue weighted by Gasteiger charge is 2.25. The van der Waals surface area contributed by atoms with Gasteiger partial charge in [-0.15, -0.1) is 0 Å². The largest absolute Gasteiger partial charge is 0.367 e. The van der Waals surface area contributed by atoms with E-state index in [-0.39, 0.29) is 11.5 Å². The molecule has 0 bridgehead atoms. The molecule has 7 heteroatoms. The van der Waals surface area contributed by atoms with Gasteiger partial charge in [0, 0.05) is 31.6 Å². The fraction of sp³-hybridized carbons (Fsp3) is 0.423. The van der Waals surface area contributed by atoms with Crippen LogP contribution < -0.4 is 15.8 Å². The second-order valence-corrected chi connectivity index (χ2v) is 9.92. The molecular formula is C26H33N5O2. The minimum atomic E-state index is -0.548. The Hall–Kier alpha value is -3.19. The summed E-state index contributed by atoms with van der Waals surface area (Å²) in [6, 6.07) is 13.7. The molecule has 0 saturated carbocycles. The van der Waals surface area contributed by atoms with Crippen LogP contribution in [0.1, 0.15) is 32.2 Å². The molecule has 1 amide bonds. The van der Waals surface area contributed by atoms with Gasteiger partial charge in [-0.1, -0.05) is 51.1 Å². The normalized spacial score (nSPS) is 15.1. The Bertz CT molecular complexity index is 1220. The van der Waals surface area contributed by atoms with E-state index < -0.39 is 5.41 Å². The van der Waals surface area contributed by atoms with Crippen molar-refractivity contribution in [1.29, 1.82) is 0 Å². The molecular weight excluding hydrogens is 414 g/mol. The molecule has 0 atom stereocenters. The monoisotopic (exact) mass is 447 g/mol. The molecule has 3 aromatic rings. The van der Waals surface area contributed by atoms with Crippen LogP contribution in [-0.2, 0) is 11.3 Å². The number of carbonyl (C=O) groups excluding carboxylic acids is 1. The van der Waals surface area contributed by atoms with Gasteiger partial charge in [-0.3, -0.25) is 14.2 Å². The first-order valence-corrected chi connectivity index (χ1v) is 11.5. The summed E-state index contributed by atoms with van der Waals surface area (Å²) in [5.74, 6) is 0.592. The standard InChI is InChI=1S/C26H33N5O2/c1-18-27-21-16-23(30-13-11-29(5)12-14-30)22(28-25(33)26(2,3)4)15-20(21)24(32)31(18)17-19-9-7-6-8-10-19/h6-10,15-16H,11-14,17H2,1-5H3,(H,28,33). The van der Waals surface area contributed by atoms with Gasteiger partial charge in [0.2, 0.25) is 5.91 Å². The van der Waals surface area contributed by atoms with Crippen molar-refractivity contribution in [3.63, 3.8) is 0 Å². The number of nitrogens with zero attached hydrogens (tertiary/aromatic N) is 4. The Labute approximate surface area is 195 Å². The van der Waals surface area contributed by atoms with Crippen LogP contribution in [-0.4, -0.2) is 53.6 Å². The van der Waals surface area contributed by atoms with Crippen LogP contribution in [0.4, 0.5) is 11.4 Å². The highest BCUT2D eigenvalue weighted by Crippen LogP contribution is 2.32. The van der Waals surface area contributed by atoms with Crippen LogP contribution in [0.15, 0.2) is 47.3 Å². The molecule has 0 unspecified atom stereocenters. The average molecular weight is 448 g/mol. The van der Waals surface area contributed by atoms with Gasteiger partial charge in [-0.05, 0) is 31.7 Å². The number of nitrogens with one attached hydrogen (secondary N) is 1. The summed E-state index contributed by atoms with van der Waals surface area (Å²) >= 11 is 0. The zero-order valence-corrected chi connectivity index (χ0v) is 20.2. The van der Waals surface area contributed by atoms with Gasteiger partial charge in [0.15, 0.2) is 0 Å².